The molecule has 0 aliphatic carbocycles. The molecule has 0 rings (SSSR count). The van der Waals surface area contributed by atoms with Gasteiger partial charge in [0, 0.05) is 0 Å². The van der Waals surface area contributed by atoms with Crippen molar-refractivity contribution in [2.24, 2.45) is 9.98 Å². The van der Waals surface area contributed by atoms with Crippen molar-refractivity contribution in [2.45, 2.75) is 0 Å². The van der Waals surface area contributed by atoms with Gasteiger partial charge in [-0.2, -0.15) is 10.5 Å². The van der Waals surface area contributed by atoms with Gasteiger partial charge in [0.25, 0.3) is 0 Å². The summed E-state index contributed by atoms with van der Waals surface area (Å²) in [7, 11) is 0. The summed E-state index contributed by atoms with van der Waals surface area (Å²) in [5.74, 6) is 0. The van der Waals surface area contributed by atoms with Crippen LogP contribution in [0.15, 0.2) is 9.98 Å². The fourth-order valence-electron chi connectivity index (χ4n) is 0.0447. The topological polar surface area (TPSA) is 117 Å². The molecule has 0 atom stereocenters. The minimum atomic E-state index is 0. The van der Waals surface area contributed by atoms with Gasteiger partial charge in [0.05, 0.1) is 12.4 Å². The van der Waals surface area contributed by atoms with Gasteiger partial charge >= 0.3 is 17.1 Å². The molecule has 0 fully saturated rings. The number of aliphatic imine (C=N–C) groups is 2. The van der Waals surface area contributed by atoms with Gasteiger partial charge < -0.3 is 20.8 Å². The SMILES string of the molecule is N#CN=C=[N-].N#CN=C=[N-].[Fe+2]. The van der Waals surface area contributed by atoms with Crippen LogP contribution in [0, 0.1) is 22.9 Å². The van der Waals surface area contributed by atoms with E-state index >= 15 is 0 Å². The first-order valence-corrected chi connectivity index (χ1v) is 1.79. The molecule has 0 radical (unpaired) electrons. The molecule has 6 nitrogen and oxygen atoms in total. The van der Waals surface area contributed by atoms with E-state index in [0.717, 1.165) is 0 Å². The Bertz CT molecular complexity index is 217. The van der Waals surface area contributed by atoms with Crippen LogP contribution in [-0.4, -0.2) is 12.0 Å². The molecular formula is C4FeN6. The van der Waals surface area contributed by atoms with Crippen molar-refractivity contribution in [3.63, 3.8) is 0 Å². The minimum Gasteiger partial charge on any atom is -0.422 e. The maximum absolute atomic E-state index is 7.43. The molecule has 0 bridgehead atoms. The third kappa shape index (κ3) is 63.4. The van der Waals surface area contributed by atoms with Gasteiger partial charge in [-0.15, -0.1) is 12.0 Å². The standard InChI is InChI=1S/2C2N3.Fe/c2*3-1-5-2-4;/q2*-1;+2. The van der Waals surface area contributed by atoms with Crippen LogP contribution in [-0.2, 0) is 17.1 Å². The molecule has 0 unspecified atom stereocenters. The summed E-state index contributed by atoms with van der Waals surface area (Å²) in [6, 6.07) is 2.56. The van der Waals surface area contributed by atoms with E-state index in [1.54, 1.807) is 0 Å². The first kappa shape index (κ1) is 16.1. The van der Waals surface area contributed by atoms with Crippen LogP contribution < -0.4 is 0 Å². The molecule has 0 aromatic rings. The van der Waals surface area contributed by atoms with E-state index in [0.29, 0.717) is 0 Å². The van der Waals surface area contributed by atoms with Gasteiger partial charge in [0.2, 0.25) is 0 Å². The molecule has 0 aromatic carbocycles. The fourth-order valence-corrected chi connectivity index (χ4v) is 0.0447. The molecule has 0 amide bonds. The molecular weight excluding hydrogens is 188 g/mol. The smallest absolute Gasteiger partial charge is 0.422 e. The molecule has 0 saturated heterocycles. The number of nitriles is 2. The van der Waals surface area contributed by atoms with Crippen LogP contribution in [0.2, 0.25) is 0 Å². The zero-order valence-corrected chi connectivity index (χ0v) is 6.14. The van der Waals surface area contributed by atoms with Gasteiger partial charge in [-0.3, -0.25) is 0 Å². The molecule has 7 heteroatoms. The van der Waals surface area contributed by atoms with Crippen molar-refractivity contribution >= 4 is 12.0 Å². The molecule has 0 aliphatic rings. The normalized spacial score (nSPS) is 3.45. The predicted molar refractivity (Wildman–Crippen MR) is 32.8 cm³/mol. The van der Waals surface area contributed by atoms with Crippen molar-refractivity contribution < 1.29 is 17.1 Å². The number of nitrogens with zero attached hydrogens (tertiary/aromatic N) is 6. The summed E-state index contributed by atoms with van der Waals surface area (Å²) < 4.78 is 0. The number of hydrogen-bond donors (Lipinski definition) is 0. The summed E-state index contributed by atoms with van der Waals surface area (Å²) in [5, 5.41) is 29.7. The second kappa shape index (κ2) is 24.0. The van der Waals surface area contributed by atoms with Crippen LogP contribution in [0.1, 0.15) is 0 Å². The van der Waals surface area contributed by atoms with Crippen LogP contribution in [0.3, 0.4) is 0 Å². The maximum Gasteiger partial charge on any atom is 2.00 e. The summed E-state index contributed by atoms with van der Waals surface area (Å²) in [6.45, 7) is 0. The van der Waals surface area contributed by atoms with Crippen LogP contribution in [0.4, 0.5) is 0 Å². The number of hydrogen-bond acceptors (Lipinski definition) is 4. The van der Waals surface area contributed by atoms with Gasteiger partial charge in [-0.25, -0.2) is 0 Å². The van der Waals surface area contributed by atoms with E-state index < -0.39 is 0 Å². The van der Waals surface area contributed by atoms with Crippen molar-refractivity contribution in [3.05, 3.63) is 10.8 Å². The van der Waals surface area contributed by atoms with Crippen molar-refractivity contribution in [3.8, 4) is 12.4 Å². The average Bonchev–Trinajstić information content (AvgIpc) is 1.93. The Labute approximate surface area is 73.4 Å². The first-order chi connectivity index (χ1) is 4.83. The van der Waals surface area contributed by atoms with E-state index in [4.69, 9.17) is 21.3 Å². The summed E-state index contributed by atoms with van der Waals surface area (Å²) >= 11 is 0. The monoisotopic (exact) mass is 188 g/mol. The second-order valence-corrected chi connectivity index (χ2v) is 0.624. The summed E-state index contributed by atoms with van der Waals surface area (Å²) in [4.78, 5) is 5.17. The zero-order chi connectivity index (χ0) is 8.24. The fraction of sp³-hybridized carbons (Fsp3) is 0. The Morgan fingerprint density at radius 3 is 1.18 bits per heavy atom. The maximum atomic E-state index is 7.43. The average molecular weight is 188 g/mol. The molecule has 0 aliphatic heterocycles. The molecule has 0 aromatic heterocycles. The van der Waals surface area contributed by atoms with Crippen LogP contribution >= 0.6 is 0 Å². The van der Waals surface area contributed by atoms with Crippen molar-refractivity contribution in [1.82, 2.24) is 0 Å². The van der Waals surface area contributed by atoms with Crippen LogP contribution in [0.25, 0.3) is 10.8 Å². The molecule has 11 heavy (non-hydrogen) atoms. The third-order valence-corrected chi connectivity index (χ3v) is 0.200. The third-order valence-electron chi connectivity index (χ3n) is 0.200. The first-order valence-electron chi connectivity index (χ1n) is 1.79. The molecule has 54 valence electrons. The minimum absolute atomic E-state index is 0. The Hall–Kier alpha value is -1.74. The van der Waals surface area contributed by atoms with Crippen molar-refractivity contribution in [2.75, 3.05) is 0 Å². The largest absolute Gasteiger partial charge is 2.00 e. The summed E-state index contributed by atoms with van der Waals surface area (Å²) in [5.41, 5.74) is 0. The van der Waals surface area contributed by atoms with E-state index in [9.17, 15) is 0 Å². The van der Waals surface area contributed by atoms with Gasteiger partial charge in [-0.1, -0.05) is 0 Å². The molecule has 0 heterocycles. The Balaban J connectivity index is -0.000000107. The Morgan fingerprint density at radius 2 is 1.18 bits per heavy atom. The Kier molecular flexibility index (Phi) is 35.2. The van der Waals surface area contributed by atoms with E-state index in [1.165, 1.54) is 24.4 Å². The van der Waals surface area contributed by atoms with Gasteiger partial charge in [0.15, 0.2) is 0 Å². The Morgan fingerprint density at radius 1 is 0.909 bits per heavy atom. The second-order valence-electron chi connectivity index (χ2n) is 0.624. The predicted octanol–water partition coefficient (Wildman–Crippen LogP) is 0.419. The van der Waals surface area contributed by atoms with Crippen molar-refractivity contribution in [1.29, 1.82) is 10.5 Å². The quantitative estimate of drug-likeness (QED) is 0.311. The van der Waals surface area contributed by atoms with Crippen LogP contribution in [0.5, 0.6) is 0 Å². The number of rotatable bonds is 0. The van der Waals surface area contributed by atoms with Gasteiger partial charge in [0.1, 0.15) is 0 Å². The molecule has 0 spiro atoms. The van der Waals surface area contributed by atoms with E-state index in [1.807, 2.05) is 0 Å². The van der Waals surface area contributed by atoms with Gasteiger partial charge in [-0.05, 0) is 0 Å². The summed E-state index contributed by atoms with van der Waals surface area (Å²) in [6.07, 6.45) is 2.56. The molecule has 0 saturated carbocycles. The van der Waals surface area contributed by atoms with E-state index in [2.05, 4.69) is 9.98 Å². The molecule has 0 N–H and O–H groups in total. The zero-order valence-electron chi connectivity index (χ0n) is 5.04. The van der Waals surface area contributed by atoms with E-state index in [-0.39, 0.29) is 17.1 Å².